The normalized spacial score (nSPS) is 8.38. The van der Waals surface area contributed by atoms with Crippen LogP contribution in [0.1, 0.15) is 0 Å². The molecule has 4 heteroatoms. The number of likely N-dealkylation sites (N-methyl/N-ethyl adjacent to an activating group) is 1. The third kappa shape index (κ3) is 9.66. The molecule has 0 aromatic rings. The molecule has 8 heavy (non-hydrogen) atoms. The van der Waals surface area contributed by atoms with Gasteiger partial charge in [-0.05, 0) is 14.1 Å². The molecule has 0 amide bonds. The Kier molecular flexibility index (Phi) is 7.83. The number of nitrogens with zero attached hydrogens (tertiary/aromatic N) is 1. The van der Waals surface area contributed by atoms with Crippen LogP contribution in [0.15, 0.2) is 0 Å². The number of hydrogen-bond donors (Lipinski definition) is 1. The molecule has 0 atom stereocenters. The second kappa shape index (κ2) is 5.56. The zero-order valence-electron chi connectivity index (χ0n) is 4.51. The van der Waals surface area contributed by atoms with E-state index in [1.165, 1.54) is 0 Å². The van der Waals surface area contributed by atoms with Gasteiger partial charge in [-0.15, -0.1) is 0 Å². The van der Waals surface area contributed by atoms with E-state index in [2.05, 4.69) is 0 Å². The summed E-state index contributed by atoms with van der Waals surface area (Å²) < 4.78 is 0. The SMILES string of the molecule is CN(C)CC(=O)O.[NaH]. The molecular weight excluding hydrogens is 117 g/mol. The van der Waals surface area contributed by atoms with Crippen molar-refractivity contribution in [1.29, 1.82) is 0 Å². The van der Waals surface area contributed by atoms with Gasteiger partial charge in [0.15, 0.2) is 0 Å². The second-order valence-electron chi connectivity index (χ2n) is 1.63. The van der Waals surface area contributed by atoms with Gasteiger partial charge >= 0.3 is 35.5 Å². The van der Waals surface area contributed by atoms with Crippen LogP contribution in [0.2, 0.25) is 0 Å². The predicted molar refractivity (Wildman–Crippen MR) is 33.3 cm³/mol. The molecule has 0 aliphatic heterocycles. The van der Waals surface area contributed by atoms with Crippen molar-refractivity contribution in [2.75, 3.05) is 20.6 Å². The second-order valence-corrected chi connectivity index (χ2v) is 1.63. The zero-order chi connectivity index (χ0) is 5.86. The van der Waals surface area contributed by atoms with Gasteiger partial charge in [0.1, 0.15) is 0 Å². The summed E-state index contributed by atoms with van der Waals surface area (Å²) in [6.07, 6.45) is 0. The van der Waals surface area contributed by atoms with Gasteiger partial charge in [-0.3, -0.25) is 9.69 Å². The molecular formula is C4H10NNaO2. The van der Waals surface area contributed by atoms with Crippen LogP contribution in [0, 0.1) is 0 Å². The third-order valence-corrected chi connectivity index (χ3v) is 0.451. The fraction of sp³-hybridized carbons (Fsp3) is 0.750. The molecule has 0 heterocycles. The summed E-state index contributed by atoms with van der Waals surface area (Å²) >= 11 is 0. The van der Waals surface area contributed by atoms with Crippen molar-refractivity contribution in [2.24, 2.45) is 0 Å². The molecule has 0 saturated carbocycles. The maximum absolute atomic E-state index is 9.77. The van der Waals surface area contributed by atoms with Crippen LogP contribution in [-0.4, -0.2) is 66.2 Å². The summed E-state index contributed by atoms with van der Waals surface area (Å²) in [4.78, 5) is 11.4. The van der Waals surface area contributed by atoms with E-state index in [0.717, 1.165) is 0 Å². The summed E-state index contributed by atoms with van der Waals surface area (Å²) in [5, 5.41) is 8.04. The van der Waals surface area contributed by atoms with Crippen molar-refractivity contribution in [3.05, 3.63) is 0 Å². The topological polar surface area (TPSA) is 40.5 Å². The van der Waals surface area contributed by atoms with Gasteiger partial charge in [0, 0.05) is 0 Å². The fourth-order valence-corrected chi connectivity index (χ4v) is 0.271. The Bertz CT molecular complexity index is 74.4. The standard InChI is InChI=1S/C4H9NO2.Na.H/c1-5(2)3-4(6)7;;/h3H2,1-2H3,(H,6,7);;. The molecule has 3 nitrogen and oxygen atoms in total. The van der Waals surface area contributed by atoms with Crippen LogP contribution in [-0.2, 0) is 4.79 Å². The average Bonchev–Trinajstić information content (AvgIpc) is 1.27. The summed E-state index contributed by atoms with van der Waals surface area (Å²) in [7, 11) is 3.43. The summed E-state index contributed by atoms with van der Waals surface area (Å²) in [6.45, 7) is 0.111. The number of carboxylic acid groups (broad SMARTS) is 1. The molecule has 1 N–H and O–H groups in total. The van der Waals surface area contributed by atoms with Gasteiger partial charge in [0.25, 0.3) is 0 Å². The van der Waals surface area contributed by atoms with E-state index in [0.29, 0.717) is 0 Å². The number of carboxylic acids is 1. The van der Waals surface area contributed by atoms with Crippen LogP contribution in [0.5, 0.6) is 0 Å². The number of rotatable bonds is 2. The van der Waals surface area contributed by atoms with Crippen molar-refractivity contribution in [3.8, 4) is 0 Å². The average molecular weight is 127 g/mol. The number of hydrogen-bond acceptors (Lipinski definition) is 2. The van der Waals surface area contributed by atoms with Crippen LogP contribution in [0.25, 0.3) is 0 Å². The van der Waals surface area contributed by atoms with Crippen molar-refractivity contribution < 1.29 is 9.90 Å². The number of aliphatic carboxylic acids is 1. The monoisotopic (exact) mass is 127 g/mol. The van der Waals surface area contributed by atoms with Crippen molar-refractivity contribution in [1.82, 2.24) is 4.90 Å². The van der Waals surface area contributed by atoms with E-state index >= 15 is 0 Å². The molecule has 0 unspecified atom stereocenters. The predicted octanol–water partition coefficient (Wildman–Crippen LogP) is -1.02. The Labute approximate surface area is 71.0 Å². The Morgan fingerprint density at radius 1 is 1.62 bits per heavy atom. The molecule has 0 aromatic carbocycles. The summed E-state index contributed by atoms with van der Waals surface area (Å²) in [5.41, 5.74) is 0. The molecule has 0 saturated heterocycles. The Balaban J connectivity index is 0. The summed E-state index contributed by atoms with van der Waals surface area (Å²) in [6, 6.07) is 0. The Hall–Kier alpha value is 0.430. The van der Waals surface area contributed by atoms with Crippen LogP contribution in [0.4, 0.5) is 0 Å². The molecule has 0 bridgehead atoms. The number of carbonyl (C=O) groups is 1. The molecule has 0 aromatic heterocycles. The maximum atomic E-state index is 9.77. The summed E-state index contributed by atoms with van der Waals surface area (Å²) in [5.74, 6) is -0.787. The van der Waals surface area contributed by atoms with Crippen molar-refractivity contribution in [3.63, 3.8) is 0 Å². The first kappa shape index (κ1) is 11.3. The third-order valence-electron chi connectivity index (χ3n) is 0.451. The zero-order valence-corrected chi connectivity index (χ0v) is 4.51. The first-order valence-electron chi connectivity index (χ1n) is 1.99. The van der Waals surface area contributed by atoms with E-state index in [-0.39, 0.29) is 36.1 Å². The van der Waals surface area contributed by atoms with Crippen LogP contribution in [0.3, 0.4) is 0 Å². The molecule has 0 radical (unpaired) electrons. The van der Waals surface area contributed by atoms with E-state index in [1.54, 1.807) is 19.0 Å². The Morgan fingerprint density at radius 3 is 2.00 bits per heavy atom. The molecule has 0 aliphatic carbocycles. The first-order valence-corrected chi connectivity index (χ1v) is 1.99. The van der Waals surface area contributed by atoms with Crippen molar-refractivity contribution >= 4 is 35.5 Å². The van der Waals surface area contributed by atoms with E-state index in [1.807, 2.05) is 0 Å². The van der Waals surface area contributed by atoms with Crippen molar-refractivity contribution in [2.45, 2.75) is 0 Å². The molecule has 0 spiro atoms. The minimum absolute atomic E-state index is 0. The molecule has 0 rings (SSSR count). The molecule has 0 aliphatic rings. The quantitative estimate of drug-likeness (QED) is 0.483. The van der Waals surface area contributed by atoms with Gasteiger partial charge in [0.2, 0.25) is 0 Å². The molecule has 0 fully saturated rings. The first-order chi connectivity index (χ1) is 3.13. The van der Waals surface area contributed by atoms with E-state index < -0.39 is 5.97 Å². The van der Waals surface area contributed by atoms with Gasteiger partial charge in [-0.1, -0.05) is 0 Å². The van der Waals surface area contributed by atoms with Gasteiger partial charge in [0.05, 0.1) is 6.54 Å². The van der Waals surface area contributed by atoms with Gasteiger partial charge < -0.3 is 5.11 Å². The van der Waals surface area contributed by atoms with E-state index in [9.17, 15) is 4.79 Å². The van der Waals surface area contributed by atoms with Crippen LogP contribution >= 0.6 is 0 Å². The fourth-order valence-electron chi connectivity index (χ4n) is 0.271. The molecule has 44 valence electrons. The van der Waals surface area contributed by atoms with Crippen LogP contribution < -0.4 is 0 Å². The Morgan fingerprint density at radius 2 is 2.00 bits per heavy atom. The minimum atomic E-state index is -0.787. The van der Waals surface area contributed by atoms with Gasteiger partial charge in [-0.25, -0.2) is 0 Å². The van der Waals surface area contributed by atoms with E-state index in [4.69, 9.17) is 5.11 Å². The van der Waals surface area contributed by atoms with Gasteiger partial charge in [-0.2, -0.15) is 0 Å².